The number of carboxylic acids is 1. The topological polar surface area (TPSA) is 69.6 Å². The molecule has 1 aliphatic rings. The Labute approximate surface area is 146 Å². The first-order valence-electron chi connectivity index (χ1n) is 6.63. The molecule has 0 amide bonds. The van der Waals surface area contributed by atoms with Crippen LogP contribution in [0.3, 0.4) is 0 Å². The van der Waals surface area contributed by atoms with Gasteiger partial charge in [0.05, 0.1) is 27.6 Å². The quantitative estimate of drug-likeness (QED) is 0.700. The van der Waals surface area contributed by atoms with Crippen LogP contribution in [0, 0.1) is 0 Å². The molecule has 23 heavy (non-hydrogen) atoms. The van der Waals surface area contributed by atoms with Crippen LogP contribution >= 0.6 is 35.0 Å². The lowest BCUT2D eigenvalue weighted by Gasteiger charge is -2.22. The molecule has 2 aromatic carbocycles. The first-order valence-corrected chi connectivity index (χ1v) is 8.20. The van der Waals surface area contributed by atoms with Crippen LogP contribution in [0.25, 0.3) is 5.76 Å². The smallest absolute Gasteiger partial charge is 0.336 e. The van der Waals surface area contributed by atoms with Crippen LogP contribution < -0.4 is 5.32 Å². The fourth-order valence-corrected chi connectivity index (χ4v) is 3.91. The molecule has 2 aromatic rings. The summed E-state index contributed by atoms with van der Waals surface area (Å²) in [5, 5.41) is 23.7. The number of benzene rings is 2. The molecule has 0 radical (unpaired) electrons. The van der Waals surface area contributed by atoms with Gasteiger partial charge in [0.25, 0.3) is 0 Å². The zero-order chi connectivity index (χ0) is 16.6. The van der Waals surface area contributed by atoms with Gasteiger partial charge in [-0.05, 0) is 24.3 Å². The molecule has 0 atom stereocenters. The molecule has 0 saturated carbocycles. The fraction of sp³-hybridized carbons (Fsp3) is 0.0625. The number of rotatable bonds is 3. The third kappa shape index (κ3) is 3.13. The van der Waals surface area contributed by atoms with Gasteiger partial charge in [-0.2, -0.15) is 0 Å². The Morgan fingerprint density at radius 3 is 2.70 bits per heavy atom. The number of halogens is 2. The molecule has 1 heterocycles. The van der Waals surface area contributed by atoms with Gasteiger partial charge in [-0.25, -0.2) is 4.79 Å². The van der Waals surface area contributed by atoms with Gasteiger partial charge < -0.3 is 15.5 Å². The van der Waals surface area contributed by atoms with Gasteiger partial charge in [0.1, 0.15) is 5.76 Å². The molecule has 0 aromatic heterocycles. The van der Waals surface area contributed by atoms with Crippen molar-refractivity contribution < 1.29 is 15.0 Å². The van der Waals surface area contributed by atoms with Gasteiger partial charge in [0.15, 0.2) is 0 Å². The van der Waals surface area contributed by atoms with Crippen molar-refractivity contribution in [3.05, 3.63) is 62.5 Å². The van der Waals surface area contributed by atoms with E-state index in [-0.39, 0.29) is 11.3 Å². The summed E-state index contributed by atoms with van der Waals surface area (Å²) in [5.74, 6) is -0.979. The Hall–Kier alpha value is -1.82. The molecule has 0 bridgehead atoms. The first-order chi connectivity index (χ1) is 11.0. The summed E-state index contributed by atoms with van der Waals surface area (Å²) in [4.78, 5) is 12.4. The average molecular weight is 368 g/mol. The average Bonchev–Trinajstić information content (AvgIpc) is 2.49. The van der Waals surface area contributed by atoms with Gasteiger partial charge >= 0.3 is 5.97 Å². The van der Waals surface area contributed by atoms with E-state index in [2.05, 4.69) is 5.32 Å². The van der Waals surface area contributed by atoms with Crippen LogP contribution in [-0.2, 0) is 0 Å². The molecule has 1 aliphatic heterocycles. The fourth-order valence-electron chi connectivity index (χ4n) is 2.30. The highest BCUT2D eigenvalue weighted by Gasteiger charge is 2.23. The minimum Gasteiger partial charge on any atom is -0.506 e. The molecular formula is C16H11Cl2NO3S. The Balaban J connectivity index is 2.03. The molecule has 0 fully saturated rings. The van der Waals surface area contributed by atoms with E-state index in [0.29, 0.717) is 37.6 Å². The monoisotopic (exact) mass is 367 g/mol. The van der Waals surface area contributed by atoms with E-state index in [1.54, 1.807) is 30.3 Å². The van der Waals surface area contributed by atoms with Crippen molar-refractivity contribution in [3.8, 4) is 0 Å². The SMILES string of the molecule is O=C(O)c1ccccc1SC1=C(O)c2c(Cl)cc(Cl)cc2NC1. The number of nitrogens with one attached hydrogen (secondary N) is 1. The van der Waals surface area contributed by atoms with Gasteiger partial charge in [-0.1, -0.05) is 47.1 Å². The molecule has 3 N–H and O–H groups in total. The van der Waals surface area contributed by atoms with Gasteiger partial charge in [0, 0.05) is 15.6 Å². The second-order valence-electron chi connectivity index (χ2n) is 4.84. The van der Waals surface area contributed by atoms with Crippen molar-refractivity contribution in [2.24, 2.45) is 0 Å². The minimum atomic E-state index is -1.01. The van der Waals surface area contributed by atoms with Gasteiger partial charge in [0.2, 0.25) is 0 Å². The summed E-state index contributed by atoms with van der Waals surface area (Å²) in [5.41, 5.74) is 1.30. The van der Waals surface area contributed by atoms with E-state index in [1.807, 2.05) is 0 Å². The summed E-state index contributed by atoms with van der Waals surface area (Å²) in [6.07, 6.45) is 0. The maximum absolute atomic E-state index is 11.3. The third-order valence-corrected chi connectivity index (χ3v) is 5.02. The van der Waals surface area contributed by atoms with E-state index in [9.17, 15) is 15.0 Å². The molecule has 0 spiro atoms. The molecule has 118 valence electrons. The number of aliphatic hydroxyl groups is 1. The zero-order valence-electron chi connectivity index (χ0n) is 11.6. The molecule has 0 saturated heterocycles. The molecule has 0 unspecified atom stereocenters. The largest absolute Gasteiger partial charge is 0.506 e. The standard InChI is InChI=1S/C16H11Cl2NO3S/c17-8-5-10(18)14-11(6-8)19-7-13(15(14)20)23-12-4-2-1-3-9(12)16(21)22/h1-6,19-20H,7H2,(H,21,22). The number of hydrogen-bond acceptors (Lipinski definition) is 4. The summed E-state index contributed by atoms with van der Waals surface area (Å²) in [6.45, 7) is 0.355. The third-order valence-electron chi connectivity index (χ3n) is 3.35. The highest BCUT2D eigenvalue weighted by Crippen LogP contribution is 2.42. The van der Waals surface area contributed by atoms with Crippen molar-refractivity contribution in [1.82, 2.24) is 0 Å². The number of hydrogen-bond donors (Lipinski definition) is 3. The second-order valence-corrected chi connectivity index (χ2v) is 6.82. The number of anilines is 1. The number of aromatic carboxylic acids is 1. The van der Waals surface area contributed by atoms with Crippen LogP contribution in [-0.4, -0.2) is 22.7 Å². The van der Waals surface area contributed by atoms with E-state index in [0.717, 1.165) is 0 Å². The Morgan fingerprint density at radius 2 is 1.96 bits per heavy atom. The van der Waals surface area contributed by atoms with Crippen LogP contribution in [0.2, 0.25) is 10.0 Å². The lowest BCUT2D eigenvalue weighted by molar-refractivity contribution is 0.0693. The predicted molar refractivity (Wildman–Crippen MR) is 93.8 cm³/mol. The maximum Gasteiger partial charge on any atom is 0.336 e. The van der Waals surface area contributed by atoms with Crippen molar-refractivity contribution in [3.63, 3.8) is 0 Å². The van der Waals surface area contributed by atoms with E-state index in [4.69, 9.17) is 23.2 Å². The first kappa shape index (κ1) is 16.1. The van der Waals surface area contributed by atoms with Crippen LogP contribution in [0.1, 0.15) is 15.9 Å². The van der Waals surface area contributed by atoms with Crippen molar-refractivity contribution in [1.29, 1.82) is 0 Å². The predicted octanol–water partition coefficient (Wildman–Crippen LogP) is 5.14. The second kappa shape index (κ2) is 6.35. The molecular weight excluding hydrogens is 357 g/mol. The van der Waals surface area contributed by atoms with E-state index >= 15 is 0 Å². The van der Waals surface area contributed by atoms with Crippen molar-refractivity contribution >= 4 is 52.4 Å². The van der Waals surface area contributed by atoms with Crippen molar-refractivity contribution in [2.45, 2.75) is 4.90 Å². The minimum absolute atomic E-state index is 0.0330. The number of aliphatic hydroxyl groups excluding tert-OH is 1. The van der Waals surface area contributed by atoms with Gasteiger partial charge in [-0.15, -0.1) is 0 Å². The Morgan fingerprint density at radius 1 is 1.22 bits per heavy atom. The van der Waals surface area contributed by atoms with Crippen LogP contribution in [0.15, 0.2) is 46.2 Å². The highest BCUT2D eigenvalue weighted by atomic mass is 35.5. The molecule has 3 rings (SSSR count). The summed E-state index contributed by atoms with van der Waals surface area (Å²) >= 11 is 13.3. The summed E-state index contributed by atoms with van der Waals surface area (Å²) in [6, 6.07) is 9.88. The Bertz CT molecular complexity index is 836. The molecule has 4 nitrogen and oxygen atoms in total. The summed E-state index contributed by atoms with van der Waals surface area (Å²) < 4.78 is 0. The molecule has 7 heteroatoms. The van der Waals surface area contributed by atoms with Crippen molar-refractivity contribution in [2.75, 3.05) is 11.9 Å². The summed E-state index contributed by atoms with van der Waals surface area (Å²) in [7, 11) is 0. The van der Waals surface area contributed by atoms with Crippen LogP contribution in [0.5, 0.6) is 0 Å². The lowest BCUT2D eigenvalue weighted by Crippen LogP contribution is -2.13. The van der Waals surface area contributed by atoms with E-state index in [1.165, 1.54) is 17.8 Å². The zero-order valence-corrected chi connectivity index (χ0v) is 14.0. The molecule has 0 aliphatic carbocycles. The number of carboxylic acid groups (broad SMARTS) is 1. The lowest BCUT2D eigenvalue weighted by atomic mass is 10.1. The normalized spacial score (nSPS) is 13.5. The highest BCUT2D eigenvalue weighted by molar-refractivity contribution is 8.03. The number of thioether (sulfide) groups is 1. The number of fused-ring (bicyclic) bond motifs is 1. The van der Waals surface area contributed by atoms with Crippen LogP contribution in [0.4, 0.5) is 5.69 Å². The maximum atomic E-state index is 11.3. The van der Waals surface area contributed by atoms with Gasteiger partial charge in [-0.3, -0.25) is 0 Å². The Kier molecular flexibility index (Phi) is 4.43. The van der Waals surface area contributed by atoms with E-state index < -0.39 is 5.97 Å². The number of carbonyl (C=O) groups is 1.